The standard InChI is InChI=1S/C13H17NO3/c1-13(2,3)11-6-10(17-8-4-5-8)9(7-14-11)12(15)16/h6-8H,4-5H2,1-3H3,(H,15,16). The van der Waals surface area contributed by atoms with Gasteiger partial charge in [0.05, 0.1) is 6.10 Å². The molecule has 0 atom stereocenters. The molecular formula is C13H17NO3. The van der Waals surface area contributed by atoms with Gasteiger partial charge < -0.3 is 9.84 Å². The summed E-state index contributed by atoms with van der Waals surface area (Å²) in [6.45, 7) is 6.12. The quantitative estimate of drug-likeness (QED) is 0.874. The van der Waals surface area contributed by atoms with Crippen LogP contribution >= 0.6 is 0 Å². The molecule has 1 N–H and O–H groups in total. The van der Waals surface area contributed by atoms with Gasteiger partial charge in [0, 0.05) is 23.4 Å². The molecule has 0 spiro atoms. The zero-order valence-electron chi connectivity index (χ0n) is 10.4. The fraction of sp³-hybridized carbons (Fsp3) is 0.538. The van der Waals surface area contributed by atoms with Gasteiger partial charge in [0.1, 0.15) is 11.3 Å². The summed E-state index contributed by atoms with van der Waals surface area (Å²) < 4.78 is 5.63. The fourth-order valence-electron chi connectivity index (χ4n) is 1.47. The molecule has 17 heavy (non-hydrogen) atoms. The van der Waals surface area contributed by atoms with E-state index in [1.54, 1.807) is 6.07 Å². The predicted molar refractivity (Wildman–Crippen MR) is 63.5 cm³/mol. The number of hydrogen-bond donors (Lipinski definition) is 1. The van der Waals surface area contributed by atoms with E-state index in [-0.39, 0.29) is 17.1 Å². The molecular weight excluding hydrogens is 218 g/mol. The van der Waals surface area contributed by atoms with Gasteiger partial charge in [0.15, 0.2) is 0 Å². The van der Waals surface area contributed by atoms with Crippen LogP contribution in [0, 0.1) is 0 Å². The molecule has 0 radical (unpaired) electrons. The van der Waals surface area contributed by atoms with Crippen molar-refractivity contribution in [1.29, 1.82) is 0 Å². The first-order valence-corrected chi connectivity index (χ1v) is 5.78. The number of pyridine rings is 1. The third-order valence-corrected chi connectivity index (χ3v) is 2.68. The fourth-order valence-corrected chi connectivity index (χ4v) is 1.47. The van der Waals surface area contributed by atoms with Crippen LogP contribution in [0.1, 0.15) is 49.7 Å². The van der Waals surface area contributed by atoms with Crippen molar-refractivity contribution in [2.24, 2.45) is 0 Å². The van der Waals surface area contributed by atoms with Gasteiger partial charge in [-0.05, 0) is 12.8 Å². The lowest BCUT2D eigenvalue weighted by atomic mass is 9.91. The van der Waals surface area contributed by atoms with E-state index >= 15 is 0 Å². The molecule has 1 aromatic rings. The molecule has 0 aromatic carbocycles. The first-order chi connectivity index (χ1) is 7.88. The van der Waals surface area contributed by atoms with E-state index in [2.05, 4.69) is 4.98 Å². The Labute approximate surface area is 101 Å². The van der Waals surface area contributed by atoms with Crippen LogP contribution in [0.15, 0.2) is 12.3 Å². The highest BCUT2D eigenvalue weighted by atomic mass is 16.5. The largest absolute Gasteiger partial charge is 0.489 e. The van der Waals surface area contributed by atoms with Crippen molar-refractivity contribution in [1.82, 2.24) is 4.98 Å². The number of carbonyl (C=O) groups is 1. The second kappa shape index (κ2) is 4.02. The van der Waals surface area contributed by atoms with Crippen LogP contribution in [-0.4, -0.2) is 22.2 Å². The highest BCUT2D eigenvalue weighted by Gasteiger charge is 2.27. The first-order valence-electron chi connectivity index (χ1n) is 5.78. The normalized spacial score (nSPS) is 15.7. The lowest BCUT2D eigenvalue weighted by Crippen LogP contribution is -2.15. The highest BCUT2D eigenvalue weighted by molar-refractivity contribution is 5.90. The third kappa shape index (κ3) is 2.75. The van der Waals surface area contributed by atoms with Gasteiger partial charge in [0.25, 0.3) is 0 Å². The van der Waals surface area contributed by atoms with Crippen LogP contribution < -0.4 is 4.74 Å². The number of aromatic nitrogens is 1. The van der Waals surface area contributed by atoms with Crippen LogP contribution in [0.25, 0.3) is 0 Å². The SMILES string of the molecule is CC(C)(C)c1cc(OC2CC2)c(C(=O)O)cn1. The molecule has 1 heterocycles. The van der Waals surface area contributed by atoms with Crippen molar-refractivity contribution in [2.75, 3.05) is 0 Å². The van der Waals surface area contributed by atoms with E-state index < -0.39 is 5.97 Å². The lowest BCUT2D eigenvalue weighted by Gasteiger charge is -2.19. The molecule has 1 aliphatic carbocycles. The summed E-state index contributed by atoms with van der Waals surface area (Å²) in [5, 5.41) is 9.07. The molecule has 1 aliphatic rings. The molecule has 0 aliphatic heterocycles. The van der Waals surface area contributed by atoms with E-state index in [1.807, 2.05) is 20.8 Å². The van der Waals surface area contributed by atoms with Gasteiger partial charge in [-0.2, -0.15) is 0 Å². The van der Waals surface area contributed by atoms with E-state index in [0.717, 1.165) is 18.5 Å². The van der Waals surface area contributed by atoms with E-state index in [9.17, 15) is 4.79 Å². The first kappa shape index (κ1) is 11.9. The summed E-state index contributed by atoms with van der Waals surface area (Å²) in [5.74, 6) is -0.548. The summed E-state index contributed by atoms with van der Waals surface area (Å²) in [6, 6.07) is 1.75. The van der Waals surface area contributed by atoms with Crippen LogP contribution in [0.4, 0.5) is 0 Å². The molecule has 0 amide bonds. The Balaban J connectivity index is 2.38. The van der Waals surface area contributed by atoms with Crippen LogP contribution in [0.3, 0.4) is 0 Å². The van der Waals surface area contributed by atoms with Gasteiger partial charge in [-0.3, -0.25) is 4.98 Å². The van der Waals surface area contributed by atoms with Crippen molar-refractivity contribution in [3.05, 3.63) is 23.5 Å². The zero-order chi connectivity index (χ0) is 12.6. The molecule has 0 saturated heterocycles. The molecule has 92 valence electrons. The van der Waals surface area contributed by atoms with Gasteiger partial charge in [0.2, 0.25) is 0 Å². The zero-order valence-corrected chi connectivity index (χ0v) is 10.4. The average molecular weight is 235 g/mol. The minimum absolute atomic E-state index is 0.112. The second-order valence-corrected chi connectivity index (χ2v) is 5.44. The van der Waals surface area contributed by atoms with Crippen molar-refractivity contribution in [2.45, 2.75) is 45.1 Å². The topological polar surface area (TPSA) is 59.4 Å². The summed E-state index contributed by atoms with van der Waals surface area (Å²) in [6.07, 6.45) is 3.59. The Morgan fingerprint density at radius 3 is 2.59 bits per heavy atom. The predicted octanol–water partition coefficient (Wildman–Crippen LogP) is 2.62. The van der Waals surface area contributed by atoms with Crippen molar-refractivity contribution >= 4 is 5.97 Å². The summed E-state index contributed by atoms with van der Waals surface area (Å²) in [5.41, 5.74) is 0.877. The van der Waals surface area contributed by atoms with Crippen molar-refractivity contribution < 1.29 is 14.6 Å². The number of aromatic carboxylic acids is 1. The van der Waals surface area contributed by atoms with E-state index in [0.29, 0.717) is 5.75 Å². The maximum atomic E-state index is 11.1. The Morgan fingerprint density at radius 2 is 2.12 bits per heavy atom. The van der Waals surface area contributed by atoms with Crippen molar-refractivity contribution in [3.8, 4) is 5.75 Å². The van der Waals surface area contributed by atoms with Gasteiger partial charge in [-0.1, -0.05) is 20.8 Å². The van der Waals surface area contributed by atoms with Crippen molar-refractivity contribution in [3.63, 3.8) is 0 Å². The molecule has 4 nitrogen and oxygen atoms in total. The molecule has 2 rings (SSSR count). The Bertz CT molecular complexity index is 444. The Morgan fingerprint density at radius 1 is 1.47 bits per heavy atom. The maximum absolute atomic E-state index is 11.1. The molecule has 1 fully saturated rings. The Hall–Kier alpha value is -1.58. The van der Waals surface area contributed by atoms with Crippen LogP contribution in [-0.2, 0) is 5.41 Å². The molecule has 1 saturated carbocycles. The van der Waals surface area contributed by atoms with Gasteiger partial charge in [-0.15, -0.1) is 0 Å². The van der Waals surface area contributed by atoms with Gasteiger partial charge >= 0.3 is 5.97 Å². The molecule has 0 unspecified atom stereocenters. The lowest BCUT2D eigenvalue weighted by molar-refractivity contribution is 0.0691. The summed E-state index contributed by atoms with van der Waals surface area (Å²) >= 11 is 0. The molecule has 1 aromatic heterocycles. The van der Waals surface area contributed by atoms with E-state index in [1.165, 1.54) is 6.20 Å². The number of nitrogens with zero attached hydrogens (tertiary/aromatic N) is 1. The molecule has 0 bridgehead atoms. The molecule has 4 heteroatoms. The van der Waals surface area contributed by atoms with Gasteiger partial charge in [-0.25, -0.2) is 4.79 Å². The number of rotatable bonds is 3. The Kier molecular flexibility index (Phi) is 2.81. The maximum Gasteiger partial charge on any atom is 0.341 e. The van der Waals surface area contributed by atoms with Crippen LogP contribution in [0.5, 0.6) is 5.75 Å². The van der Waals surface area contributed by atoms with Crippen LogP contribution in [0.2, 0.25) is 0 Å². The average Bonchev–Trinajstić information content (AvgIpc) is 2.99. The minimum atomic E-state index is -0.992. The monoisotopic (exact) mass is 235 g/mol. The highest BCUT2D eigenvalue weighted by Crippen LogP contribution is 2.31. The summed E-state index contributed by atoms with van der Waals surface area (Å²) in [7, 11) is 0. The smallest absolute Gasteiger partial charge is 0.341 e. The number of ether oxygens (including phenoxy) is 1. The van der Waals surface area contributed by atoms with E-state index in [4.69, 9.17) is 9.84 Å². The third-order valence-electron chi connectivity index (χ3n) is 2.68. The summed E-state index contributed by atoms with van der Waals surface area (Å²) in [4.78, 5) is 15.3. The number of carboxylic acid groups (broad SMARTS) is 1. The minimum Gasteiger partial charge on any atom is -0.489 e. The number of hydrogen-bond acceptors (Lipinski definition) is 3. The second-order valence-electron chi connectivity index (χ2n) is 5.44. The number of carboxylic acids is 1.